The Kier molecular flexibility index (Phi) is 7.01. The van der Waals surface area contributed by atoms with Crippen molar-refractivity contribution in [3.05, 3.63) is 22.5 Å². The SMILES string of the molecule is N#Cc1cc2c(Br)c(NC3CCC(N4CCCC(CN5CCCCC5)C4)CC3)ncc2o1. The van der Waals surface area contributed by atoms with Crippen molar-refractivity contribution >= 4 is 32.7 Å². The van der Waals surface area contributed by atoms with Gasteiger partial charge in [-0.25, -0.2) is 4.98 Å². The van der Waals surface area contributed by atoms with Crippen LogP contribution in [0.25, 0.3) is 11.0 Å². The molecular weight excluding hydrogens is 466 g/mol. The summed E-state index contributed by atoms with van der Waals surface area (Å²) >= 11 is 3.67. The average molecular weight is 500 g/mol. The molecular formula is C25H34BrN5O. The molecule has 4 heterocycles. The maximum absolute atomic E-state index is 9.09. The summed E-state index contributed by atoms with van der Waals surface area (Å²) in [5.74, 6) is 2.03. The van der Waals surface area contributed by atoms with Gasteiger partial charge in [0.1, 0.15) is 11.9 Å². The number of likely N-dealkylation sites (tertiary alicyclic amines) is 2. The first-order valence-corrected chi connectivity index (χ1v) is 13.2. The topological polar surface area (TPSA) is 68.3 Å². The molecule has 1 aliphatic carbocycles. The van der Waals surface area contributed by atoms with Crippen LogP contribution in [-0.4, -0.2) is 59.6 Å². The second kappa shape index (κ2) is 10.1. The molecule has 5 rings (SSSR count). The Bertz CT molecular complexity index is 955. The molecule has 0 bridgehead atoms. The van der Waals surface area contributed by atoms with Gasteiger partial charge >= 0.3 is 0 Å². The van der Waals surface area contributed by atoms with Crippen LogP contribution in [0.2, 0.25) is 0 Å². The van der Waals surface area contributed by atoms with Crippen molar-refractivity contribution in [2.75, 3.05) is 38.0 Å². The molecule has 2 saturated heterocycles. The van der Waals surface area contributed by atoms with Crippen LogP contribution in [0.4, 0.5) is 5.82 Å². The number of fused-ring (bicyclic) bond motifs is 1. The normalized spacial score (nSPS) is 27.9. The van der Waals surface area contributed by atoms with Crippen LogP contribution < -0.4 is 5.32 Å². The number of piperidine rings is 2. The van der Waals surface area contributed by atoms with Crippen LogP contribution in [0.1, 0.15) is 63.5 Å². The molecule has 0 radical (unpaired) electrons. The van der Waals surface area contributed by atoms with E-state index in [1.54, 1.807) is 12.3 Å². The standard InChI is InChI=1S/C25H34BrN5O/c26-24-22-13-21(14-27)32-23(22)15-28-25(24)29-19-6-8-20(9-7-19)31-12-4-5-18(17-31)16-30-10-2-1-3-11-30/h13,15,18-20H,1-12,16-17H2,(H,28,29). The fourth-order valence-corrected chi connectivity index (χ4v) is 6.53. The van der Waals surface area contributed by atoms with Crippen molar-refractivity contribution in [1.82, 2.24) is 14.8 Å². The minimum Gasteiger partial charge on any atom is -0.444 e. The molecule has 2 aliphatic heterocycles. The lowest BCUT2D eigenvalue weighted by Crippen LogP contribution is -2.48. The Morgan fingerprint density at radius 1 is 1.09 bits per heavy atom. The molecule has 7 heteroatoms. The van der Waals surface area contributed by atoms with E-state index >= 15 is 0 Å². The quantitative estimate of drug-likeness (QED) is 0.595. The average Bonchev–Trinajstić information content (AvgIpc) is 3.27. The minimum atomic E-state index is 0.320. The molecule has 1 atom stereocenters. The number of aromatic nitrogens is 1. The largest absolute Gasteiger partial charge is 0.444 e. The van der Waals surface area contributed by atoms with E-state index in [-0.39, 0.29) is 0 Å². The molecule has 0 spiro atoms. The van der Waals surface area contributed by atoms with Crippen molar-refractivity contribution in [1.29, 1.82) is 5.26 Å². The summed E-state index contributed by atoms with van der Waals surface area (Å²) in [6.07, 6.45) is 13.6. The highest BCUT2D eigenvalue weighted by atomic mass is 79.9. The fraction of sp³-hybridized carbons (Fsp3) is 0.680. The molecule has 1 N–H and O–H groups in total. The predicted octanol–water partition coefficient (Wildman–Crippen LogP) is 5.38. The molecule has 6 nitrogen and oxygen atoms in total. The van der Waals surface area contributed by atoms with Crippen molar-refractivity contribution in [3.63, 3.8) is 0 Å². The Morgan fingerprint density at radius 3 is 2.69 bits per heavy atom. The lowest BCUT2D eigenvalue weighted by Gasteiger charge is -2.43. The summed E-state index contributed by atoms with van der Waals surface area (Å²) in [5.41, 5.74) is 0.645. The lowest BCUT2D eigenvalue weighted by atomic mass is 9.87. The van der Waals surface area contributed by atoms with Gasteiger partial charge in [0, 0.05) is 36.6 Å². The second-order valence-electron chi connectivity index (χ2n) is 9.94. The summed E-state index contributed by atoms with van der Waals surface area (Å²) in [6.45, 7) is 6.53. The van der Waals surface area contributed by atoms with Crippen LogP contribution in [0.3, 0.4) is 0 Å². The molecule has 32 heavy (non-hydrogen) atoms. The maximum Gasteiger partial charge on any atom is 0.204 e. The summed E-state index contributed by atoms with van der Waals surface area (Å²) in [4.78, 5) is 10.1. The Labute approximate surface area is 199 Å². The number of furan rings is 1. The highest BCUT2D eigenvalue weighted by molar-refractivity contribution is 9.10. The molecule has 3 fully saturated rings. The van der Waals surface area contributed by atoms with Crippen molar-refractivity contribution < 1.29 is 4.42 Å². The van der Waals surface area contributed by atoms with E-state index in [0.29, 0.717) is 17.4 Å². The summed E-state index contributed by atoms with van der Waals surface area (Å²) in [6, 6.07) is 5.03. The third-order valence-electron chi connectivity index (χ3n) is 7.70. The molecule has 3 aliphatic rings. The zero-order valence-corrected chi connectivity index (χ0v) is 20.4. The number of nitrogens with zero attached hydrogens (tertiary/aromatic N) is 4. The van der Waals surface area contributed by atoms with E-state index in [9.17, 15) is 0 Å². The minimum absolute atomic E-state index is 0.320. The second-order valence-corrected chi connectivity index (χ2v) is 10.7. The summed E-state index contributed by atoms with van der Waals surface area (Å²) < 4.78 is 6.38. The number of nitriles is 1. The van der Waals surface area contributed by atoms with Gasteiger partial charge in [0.2, 0.25) is 5.76 Å². The summed E-state index contributed by atoms with van der Waals surface area (Å²) in [5, 5.41) is 13.6. The molecule has 2 aromatic heterocycles. The van der Waals surface area contributed by atoms with Crippen molar-refractivity contribution in [2.24, 2.45) is 5.92 Å². The van der Waals surface area contributed by atoms with Gasteiger partial charge in [0.25, 0.3) is 0 Å². The lowest BCUT2D eigenvalue weighted by molar-refractivity contribution is 0.0748. The smallest absolute Gasteiger partial charge is 0.204 e. The van der Waals surface area contributed by atoms with Crippen LogP contribution in [0, 0.1) is 17.2 Å². The summed E-state index contributed by atoms with van der Waals surface area (Å²) in [7, 11) is 0. The monoisotopic (exact) mass is 499 g/mol. The number of anilines is 1. The van der Waals surface area contributed by atoms with E-state index in [0.717, 1.165) is 27.6 Å². The van der Waals surface area contributed by atoms with Gasteiger partial charge in [-0.3, -0.25) is 0 Å². The Hall–Kier alpha value is -1.62. The van der Waals surface area contributed by atoms with Gasteiger partial charge < -0.3 is 19.5 Å². The van der Waals surface area contributed by atoms with E-state index < -0.39 is 0 Å². The van der Waals surface area contributed by atoms with E-state index in [1.807, 2.05) is 0 Å². The van der Waals surface area contributed by atoms with Crippen molar-refractivity contribution in [2.45, 2.75) is 69.9 Å². The molecule has 0 amide bonds. The number of nitrogens with one attached hydrogen (secondary N) is 1. The zero-order valence-electron chi connectivity index (χ0n) is 18.9. The number of rotatable bonds is 5. The van der Waals surface area contributed by atoms with Gasteiger partial charge in [-0.05, 0) is 92.8 Å². The van der Waals surface area contributed by atoms with E-state index in [2.05, 4.69) is 42.1 Å². The first kappa shape index (κ1) is 22.2. The maximum atomic E-state index is 9.09. The first-order valence-electron chi connectivity index (χ1n) is 12.4. The van der Waals surface area contributed by atoms with Gasteiger partial charge in [0.05, 0.1) is 10.7 Å². The van der Waals surface area contributed by atoms with Crippen LogP contribution in [0.5, 0.6) is 0 Å². The highest BCUT2D eigenvalue weighted by Gasteiger charge is 2.30. The predicted molar refractivity (Wildman–Crippen MR) is 131 cm³/mol. The van der Waals surface area contributed by atoms with Gasteiger partial charge in [0.15, 0.2) is 5.58 Å². The molecule has 1 unspecified atom stereocenters. The number of hydrogen-bond acceptors (Lipinski definition) is 6. The first-order chi connectivity index (χ1) is 15.7. The van der Waals surface area contributed by atoms with Gasteiger partial charge in [-0.15, -0.1) is 0 Å². The zero-order chi connectivity index (χ0) is 21.9. The van der Waals surface area contributed by atoms with Crippen LogP contribution in [0.15, 0.2) is 21.2 Å². The van der Waals surface area contributed by atoms with Crippen LogP contribution >= 0.6 is 15.9 Å². The number of halogens is 1. The van der Waals surface area contributed by atoms with Crippen LogP contribution in [-0.2, 0) is 0 Å². The van der Waals surface area contributed by atoms with Gasteiger partial charge in [-0.1, -0.05) is 6.42 Å². The number of pyridine rings is 1. The molecule has 0 aromatic carbocycles. The highest BCUT2D eigenvalue weighted by Crippen LogP contribution is 2.34. The molecule has 1 saturated carbocycles. The van der Waals surface area contributed by atoms with E-state index in [1.165, 1.54) is 90.5 Å². The van der Waals surface area contributed by atoms with Crippen molar-refractivity contribution in [3.8, 4) is 6.07 Å². The number of hydrogen-bond donors (Lipinski definition) is 1. The van der Waals surface area contributed by atoms with Gasteiger partial charge in [-0.2, -0.15) is 5.26 Å². The molecule has 172 valence electrons. The Morgan fingerprint density at radius 2 is 1.91 bits per heavy atom. The third kappa shape index (κ3) is 4.98. The fourth-order valence-electron chi connectivity index (χ4n) is 6.00. The third-order valence-corrected chi connectivity index (χ3v) is 8.50. The Balaban J connectivity index is 1.14. The van der Waals surface area contributed by atoms with E-state index in [4.69, 9.17) is 9.68 Å². The molecule has 2 aromatic rings.